The van der Waals surface area contributed by atoms with E-state index in [1.54, 1.807) is 13.8 Å². The normalized spacial score (nSPS) is 13.7. The Balaban J connectivity index is 1.45. The Kier molecular flexibility index (Phi) is 6.48. The van der Waals surface area contributed by atoms with Crippen molar-refractivity contribution in [1.29, 1.82) is 0 Å². The number of urea groups is 1. The number of benzene rings is 1. The first-order chi connectivity index (χ1) is 15.9. The summed E-state index contributed by atoms with van der Waals surface area (Å²) >= 11 is 0. The number of nitrogens with one attached hydrogen (secondary N) is 3. The van der Waals surface area contributed by atoms with Gasteiger partial charge in [-0.1, -0.05) is 0 Å². The van der Waals surface area contributed by atoms with E-state index in [4.69, 9.17) is 0 Å². The van der Waals surface area contributed by atoms with E-state index in [-0.39, 0.29) is 17.4 Å². The highest BCUT2D eigenvalue weighted by Crippen LogP contribution is 2.23. The van der Waals surface area contributed by atoms with Crippen LogP contribution in [0.1, 0.15) is 13.8 Å². The van der Waals surface area contributed by atoms with Crippen LogP contribution in [0.3, 0.4) is 0 Å². The van der Waals surface area contributed by atoms with Crippen LogP contribution in [-0.2, 0) is 4.79 Å². The average molecular weight is 452 g/mol. The summed E-state index contributed by atoms with van der Waals surface area (Å²) in [6.07, 6.45) is 1.47. The summed E-state index contributed by atoms with van der Waals surface area (Å²) in [5, 5.41) is 8.43. The highest BCUT2D eigenvalue weighted by molar-refractivity contribution is 5.90. The number of pyridine rings is 1. The summed E-state index contributed by atoms with van der Waals surface area (Å²) in [6, 6.07) is 8.51. The Morgan fingerprint density at radius 1 is 1.09 bits per heavy atom. The molecule has 0 spiro atoms. The van der Waals surface area contributed by atoms with E-state index in [0.717, 1.165) is 24.5 Å². The van der Waals surface area contributed by atoms with Gasteiger partial charge in [0.05, 0.1) is 0 Å². The lowest BCUT2D eigenvalue weighted by Gasteiger charge is -2.35. The van der Waals surface area contributed by atoms with Gasteiger partial charge in [-0.2, -0.15) is 4.98 Å². The third-order valence-corrected chi connectivity index (χ3v) is 5.30. The lowest BCUT2D eigenvalue weighted by Crippen LogP contribution is -2.48. The van der Waals surface area contributed by atoms with Crippen LogP contribution in [0.5, 0.6) is 0 Å². The van der Waals surface area contributed by atoms with Crippen LogP contribution in [0.4, 0.5) is 32.3 Å². The molecule has 0 radical (unpaired) electrons. The first kappa shape index (κ1) is 22.2. The molecule has 11 heteroatoms. The van der Waals surface area contributed by atoms with Gasteiger partial charge in [-0.05, 0) is 37.3 Å². The summed E-state index contributed by atoms with van der Waals surface area (Å²) in [5.41, 5.74) is 2.10. The van der Waals surface area contributed by atoms with E-state index in [2.05, 4.69) is 35.8 Å². The van der Waals surface area contributed by atoms with Crippen molar-refractivity contribution in [3.05, 3.63) is 42.3 Å². The smallest absolute Gasteiger partial charge is 0.320 e. The first-order valence-electron chi connectivity index (χ1n) is 10.7. The Bertz CT molecular complexity index is 1160. The Hall–Kier alpha value is -4.02. The number of hydrogen-bond acceptors (Lipinski definition) is 7. The molecule has 1 fully saturated rings. The van der Waals surface area contributed by atoms with Gasteiger partial charge in [0.1, 0.15) is 0 Å². The van der Waals surface area contributed by atoms with E-state index in [9.17, 15) is 14.0 Å². The number of nitrogens with zero attached hydrogens (tertiary/aromatic N) is 5. The van der Waals surface area contributed by atoms with E-state index in [1.807, 2.05) is 29.2 Å². The van der Waals surface area contributed by atoms with Crippen molar-refractivity contribution in [3.8, 4) is 0 Å². The maximum Gasteiger partial charge on any atom is 0.320 e. The molecule has 10 nitrogen and oxygen atoms in total. The number of anilines is 4. The van der Waals surface area contributed by atoms with Gasteiger partial charge in [-0.15, -0.1) is 0 Å². The maximum atomic E-state index is 14.2. The Labute approximate surface area is 190 Å². The predicted octanol–water partition coefficient (Wildman–Crippen LogP) is 2.72. The SMILES string of the molecule is CCNC(=O)Nc1nc2nc(Nc3ccc(N4CCN(C(C)=O)CC4)cc3)ncc2cc1F. The Morgan fingerprint density at radius 3 is 2.48 bits per heavy atom. The number of aromatic nitrogens is 3. The molecule has 1 saturated heterocycles. The number of piperazine rings is 1. The van der Waals surface area contributed by atoms with Crippen LogP contribution in [-0.4, -0.2) is 64.5 Å². The van der Waals surface area contributed by atoms with E-state index in [1.165, 1.54) is 12.3 Å². The van der Waals surface area contributed by atoms with Crippen molar-refractivity contribution >= 4 is 46.1 Å². The van der Waals surface area contributed by atoms with E-state index < -0.39 is 11.8 Å². The van der Waals surface area contributed by atoms with Crippen LogP contribution in [0, 0.1) is 5.82 Å². The lowest BCUT2D eigenvalue weighted by molar-refractivity contribution is -0.129. The molecule has 3 heterocycles. The molecular weight excluding hydrogens is 427 g/mol. The molecule has 3 aromatic rings. The number of carbonyl (C=O) groups excluding carboxylic acids is 2. The van der Waals surface area contributed by atoms with Crippen molar-refractivity contribution < 1.29 is 14.0 Å². The summed E-state index contributed by atoms with van der Waals surface area (Å²) < 4.78 is 14.2. The standard InChI is InChI=1S/C22H25FN8O2/c1-3-24-22(33)29-20-18(23)12-15-13-25-21(28-19(15)27-20)26-16-4-6-17(7-5-16)31-10-8-30(9-11-31)14(2)32/h4-7,12-13H,3,8-11H2,1-2H3,(H3,24,25,26,27,28,29,33). The molecule has 3 N–H and O–H groups in total. The molecule has 0 aliphatic carbocycles. The van der Waals surface area contributed by atoms with Gasteiger partial charge in [0.2, 0.25) is 11.9 Å². The average Bonchev–Trinajstić information content (AvgIpc) is 2.80. The third kappa shape index (κ3) is 5.25. The summed E-state index contributed by atoms with van der Waals surface area (Å²) in [7, 11) is 0. The van der Waals surface area contributed by atoms with Crippen molar-refractivity contribution in [2.75, 3.05) is 48.3 Å². The molecule has 1 aliphatic heterocycles. The number of halogens is 1. The minimum absolute atomic E-state index is 0.105. The molecule has 1 aliphatic rings. The van der Waals surface area contributed by atoms with Crippen molar-refractivity contribution in [2.45, 2.75) is 13.8 Å². The van der Waals surface area contributed by atoms with Gasteiger partial charge in [-0.3, -0.25) is 10.1 Å². The number of amides is 3. The second kappa shape index (κ2) is 9.63. The van der Waals surface area contributed by atoms with Gasteiger partial charge in [0.25, 0.3) is 0 Å². The largest absolute Gasteiger partial charge is 0.368 e. The zero-order chi connectivity index (χ0) is 23.4. The van der Waals surface area contributed by atoms with Crippen LogP contribution in [0.15, 0.2) is 36.5 Å². The second-order valence-electron chi connectivity index (χ2n) is 7.57. The van der Waals surface area contributed by atoms with Crippen LogP contribution in [0.2, 0.25) is 0 Å². The highest BCUT2D eigenvalue weighted by Gasteiger charge is 2.18. The van der Waals surface area contributed by atoms with Crippen LogP contribution in [0.25, 0.3) is 11.0 Å². The van der Waals surface area contributed by atoms with Crippen molar-refractivity contribution in [2.24, 2.45) is 0 Å². The molecule has 0 bridgehead atoms. The van der Waals surface area contributed by atoms with E-state index >= 15 is 0 Å². The monoisotopic (exact) mass is 452 g/mol. The summed E-state index contributed by atoms with van der Waals surface area (Å²) in [6.45, 7) is 6.76. The zero-order valence-corrected chi connectivity index (χ0v) is 18.4. The van der Waals surface area contributed by atoms with Gasteiger partial charge >= 0.3 is 6.03 Å². The molecule has 0 unspecified atom stereocenters. The highest BCUT2D eigenvalue weighted by atomic mass is 19.1. The topological polar surface area (TPSA) is 115 Å². The van der Waals surface area contributed by atoms with Crippen LogP contribution < -0.4 is 20.9 Å². The van der Waals surface area contributed by atoms with Crippen LogP contribution >= 0.6 is 0 Å². The molecule has 1 aromatic carbocycles. The molecule has 172 valence electrons. The third-order valence-electron chi connectivity index (χ3n) is 5.30. The van der Waals surface area contributed by atoms with E-state index in [0.29, 0.717) is 31.0 Å². The predicted molar refractivity (Wildman–Crippen MR) is 124 cm³/mol. The number of rotatable bonds is 5. The fourth-order valence-electron chi connectivity index (χ4n) is 3.56. The fraction of sp³-hybridized carbons (Fsp3) is 0.318. The van der Waals surface area contributed by atoms with Gasteiger partial charge in [-0.25, -0.2) is 19.2 Å². The van der Waals surface area contributed by atoms with Gasteiger partial charge in [0, 0.05) is 62.6 Å². The summed E-state index contributed by atoms with van der Waals surface area (Å²) in [5.74, 6) is -0.465. The number of hydrogen-bond donors (Lipinski definition) is 3. The quantitative estimate of drug-likeness (QED) is 0.545. The molecule has 0 atom stereocenters. The second-order valence-corrected chi connectivity index (χ2v) is 7.57. The lowest BCUT2D eigenvalue weighted by atomic mass is 10.2. The minimum atomic E-state index is -0.669. The fourth-order valence-corrected chi connectivity index (χ4v) is 3.56. The van der Waals surface area contributed by atoms with Gasteiger partial charge < -0.3 is 20.4 Å². The first-order valence-corrected chi connectivity index (χ1v) is 10.7. The molecule has 33 heavy (non-hydrogen) atoms. The Morgan fingerprint density at radius 2 is 1.82 bits per heavy atom. The van der Waals surface area contributed by atoms with Gasteiger partial charge in [0.15, 0.2) is 17.3 Å². The molecule has 0 saturated carbocycles. The molecule has 4 rings (SSSR count). The zero-order valence-electron chi connectivity index (χ0n) is 18.4. The summed E-state index contributed by atoms with van der Waals surface area (Å²) in [4.78, 5) is 40.0. The molecule has 2 aromatic heterocycles. The molecule has 3 amide bonds. The minimum Gasteiger partial charge on any atom is -0.368 e. The molecular formula is C22H25FN8O2. The van der Waals surface area contributed by atoms with Crippen molar-refractivity contribution in [1.82, 2.24) is 25.2 Å². The number of fused-ring (bicyclic) bond motifs is 1. The number of carbonyl (C=O) groups is 2. The maximum absolute atomic E-state index is 14.2. The van der Waals surface area contributed by atoms with Crippen molar-refractivity contribution in [3.63, 3.8) is 0 Å².